The number of benzene rings is 1. The molecule has 1 saturated heterocycles. The zero-order valence-electron chi connectivity index (χ0n) is 13.7. The second kappa shape index (κ2) is 6.84. The Morgan fingerprint density at radius 1 is 1.05 bits per heavy atom. The molecule has 3 nitrogen and oxygen atoms in total. The number of rotatable bonds is 2. The van der Waals surface area contributed by atoms with E-state index in [9.17, 15) is 0 Å². The van der Waals surface area contributed by atoms with Gasteiger partial charge >= 0.3 is 0 Å². The van der Waals surface area contributed by atoms with E-state index in [0.29, 0.717) is 6.04 Å². The van der Waals surface area contributed by atoms with E-state index >= 15 is 0 Å². The van der Waals surface area contributed by atoms with Gasteiger partial charge in [-0.05, 0) is 51.8 Å². The first-order valence-electron chi connectivity index (χ1n) is 7.90. The van der Waals surface area contributed by atoms with Crippen molar-refractivity contribution in [1.82, 2.24) is 10.3 Å². The molecule has 1 aromatic carbocycles. The fraction of sp³-hybridized carbons (Fsp3) is 0.500. The molecule has 1 fully saturated rings. The third kappa shape index (κ3) is 4.11. The van der Waals surface area contributed by atoms with Crippen molar-refractivity contribution in [1.29, 1.82) is 0 Å². The highest BCUT2D eigenvalue weighted by Crippen LogP contribution is 2.22. The Kier molecular flexibility index (Phi) is 5.30. The second-order valence-electron chi connectivity index (χ2n) is 7.02. The van der Waals surface area contributed by atoms with Crippen LogP contribution in [0.5, 0.6) is 0 Å². The summed E-state index contributed by atoms with van der Waals surface area (Å²) in [6.07, 6.45) is 2.37. The SMILES string of the molecule is CC(C)(C)NC1CCN(c2ccc3ccccc3n2)CC1.Cl. The predicted molar refractivity (Wildman–Crippen MR) is 97.1 cm³/mol. The zero-order chi connectivity index (χ0) is 14.9. The summed E-state index contributed by atoms with van der Waals surface area (Å²) in [5, 5.41) is 4.93. The van der Waals surface area contributed by atoms with Gasteiger partial charge in [0.25, 0.3) is 0 Å². The lowest BCUT2D eigenvalue weighted by atomic mass is 10.00. The maximum atomic E-state index is 4.80. The Bertz CT molecular complexity index is 613. The van der Waals surface area contributed by atoms with Crippen molar-refractivity contribution in [2.45, 2.75) is 45.2 Å². The molecule has 22 heavy (non-hydrogen) atoms. The zero-order valence-corrected chi connectivity index (χ0v) is 14.5. The maximum Gasteiger partial charge on any atom is 0.129 e. The Hall–Kier alpha value is -1.32. The fourth-order valence-corrected chi connectivity index (χ4v) is 3.10. The number of hydrogen-bond acceptors (Lipinski definition) is 3. The molecule has 0 bridgehead atoms. The van der Waals surface area contributed by atoms with Gasteiger partial charge in [-0.2, -0.15) is 0 Å². The van der Waals surface area contributed by atoms with Crippen molar-refractivity contribution in [3.63, 3.8) is 0 Å². The average molecular weight is 320 g/mol. The number of nitrogens with one attached hydrogen (secondary N) is 1. The molecular formula is C18H26ClN3. The molecule has 0 amide bonds. The molecule has 1 N–H and O–H groups in total. The lowest BCUT2D eigenvalue weighted by Crippen LogP contribution is -2.49. The number of para-hydroxylation sites is 1. The molecule has 2 aromatic rings. The van der Waals surface area contributed by atoms with Crippen LogP contribution in [0.1, 0.15) is 33.6 Å². The number of pyridine rings is 1. The molecule has 1 aliphatic rings. The number of piperidine rings is 1. The summed E-state index contributed by atoms with van der Waals surface area (Å²) in [4.78, 5) is 7.21. The number of anilines is 1. The van der Waals surface area contributed by atoms with E-state index in [1.54, 1.807) is 0 Å². The van der Waals surface area contributed by atoms with Crippen LogP contribution in [0, 0.1) is 0 Å². The summed E-state index contributed by atoms with van der Waals surface area (Å²) in [6, 6.07) is 13.3. The first-order valence-corrected chi connectivity index (χ1v) is 7.90. The number of aromatic nitrogens is 1. The maximum absolute atomic E-state index is 4.80. The van der Waals surface area contributed by atoms with Crippen LogP contribution in [-0.4, -0.2) is 29.7 Å². The van der Waals surface area contributed by atoms with Gasteiger partial charge in [-0.15, -0.1) is 12.4 Å². The van der Waals surface area contributed by atoms with Crippen molar-refractivity contribution in [3.05, 3.63) is 36.4 Å². The summed E-state index contributed by atoms with van der Waals surface area (Å²) < 4.78 is 0. The molecule has 0 spiro atoms. The Morgan fingerprint density at radius 3 is 2.41 bits per heavy atom. The van der Waals surface area contributed by atoms with Crippen LogP contribution in [0.15, 0.2) is 36.4 Å². The minimum atomic E-state index is 0. The van der Waals surface area contributed by atoms with Gasteiger partial charge in [0, 0.05) is 30.1 Å². The van der Waals surface area contributed by atoms with Crippen LogP contribution in [0.25, 0.3) is 10.9 Å². The standard InChI is InChI=1S/C18H25N3.ClH/c1-18(2,3)20-15-10-12-21(13-11-15)17-9-8-14-6-4-5-7-16(14)19-17;/h4-9,15,20H,10-13H2,1-3H3;1H. The molecule has 0 saturated carbocycles. The molecule has 0 radical (unpaired) electrons. The Morgan fingerprint density at radius 2 is 1.73 bits per heavy atom. The van der Waals surface area contributed by atoms with E-state index < -0.39 is 0 Å². The van der Waals surface area contributed by atoms with E-state index in [-0.39, 0.29) is 17.9 Å². The fourth-order valence-electron chi connectivity index (χ4n) is 3.10. The molecule has 2 heterocycles. The van der Waals surface area contributed by atoms with E-state index in [2.05, 4.69) is 67.4 Å². The highest BCUT2D eigenvalue weighted by atomic mass is 35.5. The summed E-state index contributed by atoms with van der Waals surface area (Å²) in [6.45, 7) is 8.89. The first-order chi connectivity index (χ1) is 10.0. The van der Waals surface area contributed by atoms with Gasteiger partial charge in [0.2, 0.25) is 0 Å². The van der Waals surface area contributed by atoms with Crippen LogP contribution in [0.3, 0.4) is 0 Å². The monoisotopic (exact) mass is 319 g/mol. The van der Waals surface area contributed by atoms with Crippen molar-refractivity contribution < 1.29 is 0 Å². The highest BCUT2D eigenvalue weighted by molar-refractivity contribution is 5.85. The van der Waals surface area contributed by atoms with Crippen LogP contribution in [-0.2, 0) is 0 Å². The normalized spacial score (nSPS) is 16.6. The largest absolute Gasteiger partial charge is 0.356 e. The molecule has 0 unspecified atom stereocenters. The summed E-state index contributed by atoms with van der Waals surface area (Å²) in [5.74, 6) is 1.11. The first kappa shape index (κ1) is 17.0. The molecular weight excluding hydrogens is 294 g/mol. The summed E-state index contributed by atoms with van der Waals surface area (Å²) in [7, 11) is 0. The lowest BCUT2D eigenvalue weighted by molar-refractivity contribution is 0.316. The van der Waals surface area contributed by atoms with Gasteiger partial charge < -0.3 is 10.2 Å². The summed E-state index contributed by atoms with van der Waals surface area (Å²) in [5.41, 5.74) is 1.29. The molecule has 3 rings (SSSR count). The molecule has 120 valence electrons. The van der Waals surface area contributed by atoms with Crippen molar-refractivity contribution in [2.24, 2.45) is 0 Å². The molecule has 4 heteroatoms. The van der Waals surface area contributed by atoms with Crippen LogP contribution >= 0.6 is 12.4 Å². The summed E-state index contributed by atoms with van der Waals surface area (Å²) >= 11 is 0. The van der Waals surface area contributed by atoms with E-state index in [4.69, 9.17) is 4.98 Å². The molecule has 1 aromatic heterocycles. The predicted octanol–water partition coefficient (Wildman–Crippen LogP) is 4.01. The molecule has 1 aliphatic heterocycles. The smallest absolute Gasteiger partial charge is 0.129 e. The van der Waals surface area contributed by atoms with Crippen molar-refractivity contribution in [3.8, 4) is 0 Å². The number of halogens is 1. The lowest BCUT2D eigenvalue weighted by Gasteiger charge is -2.36. The van der Waals surface area contributed by atoms with Gasteiger partial charge in [0.05, 0.1) is 5.52 Å². The van der Waals surface area contributed by atoms with Gasteiger partial charge in [-0.1, -0.05) is 18.2 Å². The third-order valence-corrected chi connectivity index (χ3v) is 4.04. The van der Waals surface area contributed by atoms with Gasteiger partial charge in [0.1, 0.15) is 5.82 Å². The molecule has 0 atom stereocenters. The number of nitrogens with zero attached hydrogens (tertiary/aromatic N) is 2. The topological polar surface area (TPSA) is 28.2 Å². The van der Waals surface area contributed by atoms with Crippen LogP contribution in [0.4, 0.5) is 5.82 Å². The minimum absolute atomic E-state index is 0. The number of hydrogen-bond donors (Lipinski definition) is 1. The number of fused-ring (bicyclic) bond motifs is 1. The van der Waals surface area contributed by atoms with Crippen molar-refractivity contribution >= 4 is 29.1 Å². The quantitative estimate of drug-likeness (QED) is 0.906. The van der Waals surface area contributed by atoms with Gasteiger partial charge in [-0.3, -0.25) is 0 Å². The average Bonchev–Trinajstić information content (AvgIpc) is 2.46. The van der Waals surface area contributed by atoms with Crippen molar-refractivity contribution in [2.75, 3.05) is 18.0 Å². The van der Waals surface area contributed by atoms with Gasteiger partial charge in [-0.25, -0.2) is 4.98 Å². The Labute approximate surface area is 139 Å². The third-order valence-electron chi connectivity index (χ3n) is 4.04. The van der Waals surface area contributed by atoms with E-state index in [1.807, 2.05) is 0 Å². The molecule has 0 aliphatic carbocycles. The highest BCUT2D eigenvalue weighted by Gasteiger charge is 2.23. The second-order valence-corrected chi connectivity index (χ2v) is 7.02. The van der Waals surface area contributed by atoms with E-state index in [1.165, 1.54) is 18.2 Å². The minimum Gasteiger partial charge on any atom is -0.356 e. The van der Waals surface area contributed by atoms with Gasteiger partial charge in [0.15, 0.2) is 0 Å². The van der Waals surface area contributed by atoms with E-state index in [0.717, 1.165) is 24.4 Å². The Balaban J connectivity index is 0.00000176. The van der Waals surface area contributed by atoms with Crippen LogP contribution < -0.4 is 10.2 Å². The van der Waals surface area contributed by atoms with Crippen LogP contribution in [0.2, 0.25) is 0 Å².